The monoisotopic (exact) mass is 441 g/mol. The lowest BCUT2D eigenvalue weighted by molar-refractivity contribution is -0.158. The first-order valence-electron chi connectivity index (χ1n) is 9.24. The quantitative estimate of drug-likeness (QED) is 0.285. The van der Waals surface area contributed by atoms with Gasteiger partial charge in [-0.15, -0.1) is 11.8 Å². The van der Waals surface area contributed by atoms with Crippen LogP contribution in [0.15, 0.2) is 23.1 Å². The second kappa shape index (κ2) is 9.65. The van der Waals surface area contributed by atoms with Gasteiger partial charge in [0.15, 0.2) is 0 Å². The Bertz CT molecular complexity index is 821. The molecule has 1 aromatic carbocycles. The van der Waals surface area contributed by atoms with Gasteiger partial charge in [0.25, 0.3) is 11.8 Å². The molecule has 0 radical (unpaired) electrons. The molecule has 166 valence electrons. The van der Waals surface area contributed by atoms with Crippen molar-refractivity contribution in [2.24, 2.45) is 5.73 Å². The van der Waals surface area contributed by atoms with Gasteiger partial charge in [-0.25, -0.2) is 0 Å². The molecule has 1 saturated carbocycles. The van der Waals surface area contributed by atoms with Gasteiger partial charge in [0, 0.05) is 17.7 Å². The van der Waals surface area contributed by atoms with E-state index in [1.165, 1.54) is 25.8 Å². The number of nitrogens with two attached hydrogens (primary N) is 1. The van der Waals surface area contributed by atoms with Gasteiger partial charge in [-0.1, -0.05) is 0 Å². The minimum Gasteiger partial charge on any atom is -0.496 e. The Labute approximate surface area is 178 Å². The Morgan fingerprint density at radius 1 is 1.30 bits per heavy atom. The Balaban J connectivity index is 2.21. The molecule has 7 N–H and O–H groups in total. The standard InChI is InChI=1S/C19H27N3O7S/c1-9(16(20)25)21-18(27)19(28)7-12(15(24)13(23)8-19)22-17(26)11-5-4-10(30-3)6-14(11)29-2/h4-6,9,12-13,15,23-24,28H,7-8H2,1-3H3,(H2,20,25)(H,21,27)(H,22,26)/t9-,12+,13-,15-,19-/m1/s1. The van der Waals surface area contributed by atoms with Gasteiger partial charge in [0.2, 0.25) is 5.91 Å². The molecule has 0 heterocycles. The second-order valence-corrected chi connectivity index (χ2v) is 8.12. The van der Waals surface area contributed by atoms with Crippen LogP contribution in [-0.2, 0) is 9.59 Å². The number of ether oxygens (including phenoxy) is 1. The number of benzene rings is 1. The third-order valence-corrected chi connectivity index (χ3v) is 5.80. The van der Waals surface area contributed by atoms with E-state index in [4.69, 9.17) is 10.5 Å². The number of hydrogen-bond donors (Lipinski definition) is 6. The number of aliphatic hydroxyl groups excluding tert-OH is 2. The lowest BCUT2D eigenvalue weighted by Gasteiger charge is -2.41. The Morgan fingerprint density at radius 3 is 2.53 bits per heavy atom. The fourth-order valence-corrected chi connectivity index (χ4v) is 3.69. The van der Waals surface area contributed by atoms with Gasteiger partial charge in [-0.3, -0.25) is 14.4 Å². The number of thioether (sulfide) groups is 1. The number of hydrogen-bond acceptors (Lipinski definition) is 8. The lowest BCUT2D eigenvalue weighted by atomic mass is 9.77. The maximum absolute atomic E-state index is 12.8. The molecule has 2 rings (SSSR count). The number of nitrogens with one attached hydrogen (secondary N) is 2. The first-order chi connectivity index (χ1) is 14.0. The van der Waals surface area contributed by atoms with Gasteiger partial charge in [-0.05, 0) is 31.4 Å². The third-order valence-electron chi connectivity index (χ3n) is 5.08. The van der Waals surface area contributed by atoms with Crippen LogP contribution in [0.25, 0.3) is 0 Å². The van der Waals surface area contributed by atoms with Gasteiger partial charge in [0.05, 0.1) is 24.8 Å². The van der Waals surface area contributed by atoms with Crippen LogP contribution in [0.3, 0.4) is 0 Å². The molecule has 1 fully saturated rings. The Hall–Kier alpha value is -2.34. The van der Waals surface area contributed by atoms with E-state index >= 15 is 0 Å². The molecule has 1 aliphatic carbocycles. The predicted octanol–water partition coefficient (Wildman–Crippen LogP) is -1.25. The van der Waals surface area contributed by atoms with Crippen LogP contribution >= 0.6 is 11.8 Å². The lowest BCUT2D eigenvalue weighted by Crippen LogP contribution is -2.64. The van der Waals surface area contributed by atoms with Gasteiger partial charge >= 0.3 is 0 Å². The minimum atomic E-state index is -2.12. The van der Waals surface area contributed by atoms with Crippen LogP contribution in [0.2, 0.25) is 0 Å². The number of primary amides is 1. The fraction of sp³-hybridized carbons (Fsp3) is 0.526. The van der Waals surface area contributed by atoms with Crippen molar-refractivity contribution in [3.05, 3.63) is 23.8 Å². The molecule has 11 heteroatoms. The number of carbonyl (C=O) groups excluding carboxylic acids is 3. The number of aliphatic hydroxyl groups is 3. The van der Waals surface area contributed by atoms with E-state index in [0.29, 0.717) is 5.75 Å². The van der Waals surface area contributed by atoms with E-state index in [9.17, 15) is 29.7 Å². The summed E-state index contributed by atoms with van der Waals surface area (Å²) in [6, 6.07) is 2.78. The summed E-state index contributed by atoms with van der Waals surface area (Å²) in [7, 11) is 1.42. The normalized spacial score (nSPS) is 27.1. The number of methoxy groups -OCH3 is 1. The summed E-state index contributed by atoms with van der Waals surface area (Å²) in [5, 5.41) is 36.1. The van der Waals surface area contributed by atoms with E-state index < -0.39 is 54.0 Å². The average Bonchev–Trinajstić information content (AvgIpc) is 2.70. The minimum absolute atomic E-state index is 0.193. The van der Waals surface area contributed by atoms with Gasteiger partial charge in [-0.2, -0.15) is 0 Å². The van der Waals surface area contributed by atoms with E-state index in [1.807, 2.05) is 6.26 Å². The van der Waals surface area contributed by atoms with Crippen molar-refractivity contribution in [1.29, 1.82) is 0 Å². The van der Waals surface area contributed by atoms with Crippen molar-refractivity contribution in [3.8, 4) is 5.75 Å². The van der Waals surface area contributed by atoms with Crippen LogP contribution in [0.5, 0.6) is 5.75 Å². The van der Waals surface area contributed by atoms with E-state index in [-0.39, 0.29) is 12.0 Å². The molecule has 10 nitrogen and oxygen atoms in total. The SMILES string of the molecule is COc1cc(SC)ccc1C(=O)N[C@H]1C[C@](O)(C(=O)N[C@H](C)C(N)=O)C[C@@H](O)[C@@H]1O. The van der Waals surface area contributed by atoms with Crippen LogP contribution < -0.4 is 21.1 Å². The Morgan fingerprint density at radius 2 is 1.97 bits per heavy atom. The molecular weight excluding hydrogens is 414 g/mol. The Kier molecular flexibility index (Phi) is 7.70. The molecular formula is C19H27N3O7S. The smallest absolute Gasteiger partial charge is 0.255 e. The summed E-state index contributed by atoms with van der Waals surface area (Å²) in [5.74, 6) is -2.02. The summed E-state index contributed by atoms with van der Waals surface area (Å²) >= 11 is 1.47. The zero-order valence-electron chi connectivity index (χ0n) is 16.9. The molecule has 0 bridgehead atoms. The number of rotatable bonds is 7. The zero-order valence-corrected chi connectivity index (χ0v) is 17.7. The summed E-state index contributed by atoms with van der Waals surface area (Å²) in [5.41, 5.74) is 3.19. The molecule has 30 heavy (non-hydrogen) atoms. The van der Waals surface area contributed by atoms with E-state index in [1.54, 1.807) is 18.2 Å². The highest BCUT2D eigenvalue weighted by Gasteiger charge is 2.49. The van der Waals surface area contributed by atoms with Crippen LogP contribution in [0.1, 0.15) is 30.1 Å². The van der Waals surface area contributed by atoms with Crippen molar-refractivity contribution in [2.45, 2.75) is 54.6 Å². The molecule has 0 aromatic heterocycles. The number of carbonyl (C=O) groups is 3. The average molecular weight is 442 g/mol. The third kappa shape index (κ3) is 5.22. The van der Waals surface area contributed by atoms with Crippen LogP contribution in [0.4, 0.5) is 0 Å². The van der Waals surface area contributed by atoms with Crippen molar-refractivity contribution < 1.29 is 34.4 Å². The van der Waals surface area contributed by atoms with E-state index in [0.717, 1.165) is 4.90 Å². The fourth-order valence-electron chi connectivity index (χ4n) is 3.26. The van der Waals surface area contributed by atoms with Gasteiger partial charge in [0.1, 0.15) is 23.5 Å². The van der Waals surface area contributed by atoms with Crippen molar-refractivity contribution >= 4 is 29.5 Å². The largest absolute Gasteiger partial charge is 0.496 e. The van der Waals surface area contributed by atoms with Crippen LogP contribution in [-0.4, -0.2) is 76.3 Å². The summed E-state index contributed by atoms with van der Waals surface area (Å²) in [6.45, 7) is 1.35. The highest BCUT2D eigenvalue weighted by Crippen LogP contribution is 2.31. The topological polar surface area (TPSA) is 171 Å². The molecule has 5 atom stereocenters. The first-order valence-corrected chi connectivity index (χ1v) is 10.5. The number of amides is 3. The molecule has 0 unspecified atom stereocenters. The first kappa shape index (κ1) is 23.9. The summed E-state index contributed by atoms with van der Waals surface area (Å²) in [6.07, 6.45) is -1.86. The van der Waals surface area contributed by atoms with Crippen molar-refractivity contribution in [2.75, 3.05) is 13.4 Å². The van der Waals surface area contributed by atoms with E-state index in [2.05, 4.69) is 10.6 Å². The summed E-state index contributed by atoms with van der Waals surface area (Å²) in [4.78, 5) is 37.3. The molecule has 0 aliphatic heterocycles. The molecule has 1 aliphatic rings. The van der Waals surface area contributed by atoms with Crippen molar-refractivity contribution in [1.82, 2.24) is 10.6 Å². The highest BCUT2D eigenvalue weighted by molar-refractivity contribution is 7.98. The summed E-state index contributed by atoms with van der Waals surface area (Å²) < 4.78 is 5.25. The predicted molar refractivity (Wildman–Crippen MR) is 109 cm³/mol. The molecule has 3 amide bonds. The van der Waals surface area contributed by atoms with Crippen LogP contribution in [0, 0.1) is 0 Å². The molecule has 0 saturated heterocycles. The van der Waals surface area contributed by atoms with Gasteiger partial charge < -0.3 is 36.4 Å². The maximum atomic E-state index is 12.8. The van der Waals surface area contributed by atoms with Crippen molar-refractivity contribution in [3.63, 3.8) is 0 Å². The highest BCUT2D eigenvalue weighted by atomic mass is 32.2. The molecule has 1 aromatic rings. The molecule has 0 spiro atoms. The zero-order chi connectivity index (χ0) is 22.6. The maximum Gasteiger partial charge on any atom is 0.255 e. The second-order valence-electron chi connectivity index (χ2n) is 7.24.